The van der Waals surface area contributed by atoms with Crippen molar-refractivity contribution in [2.45, 2.75) is 6.42 Å². The van der Waals surface area contributed by atoms with Gasteiger partial charge in [0.25, 0.3) is 0 Å². The Hall–Kier alpha value is -3.47. The van der Waals surface area contributed by atoms with Crippen LogP contribution in [0.3, 0.4) is 0 Å². The van der Waals surface area contributed by atoms with Crippen molar-refractivity contribution in [3.63, 3.8) is 0 Å². The van der Waals surface area contributed by atoms with Gasteiger partial charge >= 0.3 is 0 Å². The summed E-state index contributed by atoms with van der Waals surface area (Å²) < 4.78 is 0. The molecule has 25 heavy (non-hydrogen) atoms. The van der Waals surface area contributed by atoms with Gasteiger partial charge in [0.15, 0.2) is 5.78 Å². The number of H-pyrrole nitrogens is 1. The van der Waals surface area contributed by atoms with Gasteiger partial charge in [-0.15, -0.1) is 0 Å². The summed E-state index contributed by atoms with van der Waals surface area (Å²) in [6.07, 6.45) is 9.09. The van der Waals surface area contributed by atoms with E-state index < -0.39 is 0 Å². The number of nitrogens with zero attached hydrogens (tertiary/aromatic N) is 1. The minimum atomic E-state index is -0.0680. The first-order valence-corrected chi connectivity index (χ1v) is 7.95. The number of benzene rings is 1. The largest absolute Gasteiger partial charge is 0.399 e. The summed E-state index contributed by atoms with van der Waals surface area (Å²) in [6.45, 7) is 0. The Kier molecular flexibility index (Phi) is 3.54. The molecule has 0 saturated heterocycles. The Morgan fingerprint density at radius 2 is 2.08 bits per heavy atom. The standard InChI is InChI=1S/C20H16N4O/c21-15-6-4-12(5-7-15)19(25)18-11-24-20-17(18)9-14(10-23-20)13-2-1-3-16(22)8-13/h1-6,8-11,21H,7,22H2,(H,23,24). The topological polar surface area (TPSA) is 95.6 Å². The van der Waals surface area contributed by atoms with E-state index in [1.807, 2.05) is 30.3 Å². The molecule has 0 fully saturated rings. The van der Waals surface area contributed by atoms with Gasteiger partial charge in [-0.3, -0.25) is 4.79 Å². The van der Waals surface area contributed by atoms with Gasteiger partial charge in [0.05, 0.1) is 0 Å². The second kappa shape index (κ2) is 5.87. The van der Waals surface area contributed by atoms with Gasteiger partial charge in [-0.05, 0) is 35.9 Å². The number of nitrogens with two attached hydrogens (primary N) is 1. The molecule has 0 radical (unpaired) electrons. The molecule has 0 aliphatic heterocycles. The molecular formula is C20H16N4O. The van der Waals surface area contributed by atoms with Crippen LogP contribution < -0.4 is 5.73 Å². The average Bonchev–Trinajstić information content (AvgIpc) is 3.05. The molecule has 5 nitrogen and oxygen atoms in total. The normalized spacial score (nSPS) is 13.9. The lowest BCUT2D eigenvalue weighted by atomic mass is 9.97. The van der Waals surface area contributed by atoms with Crippen LogP contribution >= 0.6 is 0 Å². The maximum atomic E-state index is 12.8. The van der Waals surface area contributed by atoms with E-state index >= 15 is 0 Å². The van der Waals surface area contributed by atoms with E-state index in [2.05, 4.69) is 9.97 Å². The van der Waals surface area contributed by atoms with Gasteiger partial charge in [0.2, 0.25) is 0 Å². The maximum Gasteiger partial charge on any atom is 0.194 e. The number of nitrogen functional groups attached to an aromatic ring is 1. The predicted molar refractivity (Wildman–Crippen MR) is 99.8 cm³/mol. The Morgan fingerprint density at radius 3 is 2.84 bits per heavy atom. The van der Waals surface area contributed by atoms with Crippen molar-refractivity contribution in [3.8, 4) is 11.1 Å². The SMILES string of the molecule is N=C1C=CC(C(=O)c2c[nH]c3ncc(-c4cccc(N)c4)cc23)=CC1. The Morgan fingerprint density at radius 1 is 1.20 bits per heavy atom. The summed E-state index contributed by atoms with van der Waals surface area (Å²) in [7, 11) is 0. The lowest BCUT2D eigenvalue weighted by molar-refractivity contribution is 0.103. The summed E-state index contributed by atoms with van der Waals surface area (Å²) in [4.78, 5) is 20.3. The summed E-state index contributed by atoms with van der Waals surface area (Å²) in [5.41, 5.74) is 10.8. The van der Waals surface area contributed by atoms with Crippen molar-refractivity contribution >= 4 is 28.2 Å². The predicted octanol–water partition coefficient (Wildman–Crippen LogP) is 3.90. The van der Waals surface area contributed by atoms with E-state index in [1.165, 1.54) is 0 Å². The smallest absolute Gasteiger partial charge is 0.194 e. The molecule has 0 bridgehead atoms. The van der Waals surface area contributed by atoms with Gasteiger partial charge in [0, 0.05) is 52.3 Å². The number of nitrogens with one attached hydrogen (secondary N) is 2. The molecule has 5 heteroatoms. The minimum Gasteiger partial charge on any atom is -0.399 e. The monoisotopic (exact) mass is 328 g/mol. The Bertz CT molecular complexity index is 1070. The molecule has 2 heterocycles. The molecule has 4 N–H and O–H groups in total. The summed E-state index contributed by atoms with van der Waals surface area (Å²) in [6, 6.07) is 9.53. The molecule has 122 valence electrons. The van der Waals surface area contributed by atoms with Crippen LogP contribution in [0.15, 0.2) is 66.5 Å². The number of carbonyl (C=O) groups is 1. The summed E-state index contributed by atoms with van der Waals surface area (Å²) in [5, 5.41) is 8.37. The zero-order chi connectivity index (χ0) is 17.4. The molecular weight excluding hydrogens is 312 g/mol. The lowest BCUT2D eigenvalue weighted by Crippen LogP contribution is -2.05. The molecule has 1 aromatic carbocycles. The van der Waals surface area contributed by atoms with Gasteiger partial charge in [0.1, 0.15) is 5.65 Å². The third-order valence-electron chi connectivity index (χ3n) is 4.26. The molecule has 0 unspecified atom stereocenters. The average molecular weight is 328 g/mol. The van der Waals surface area contributed by atoms with E-state index in [1.54, 1.807) is 30.6 Å². The van der Waals surface area contributed by atoms with Crippen molar-refractivity contribution in [2.24, 2.45) is 0 Å². The van der Waals surface area contributed by atoms with Crippen LogP contribution in [0.1, 0.15) is 16.8 Å². The van der Waals surface area contributed by atoms with Gasteiger partial charge < -0.3 is 16.1 Å². The van der Waals surface area contributed by atoms with Crippen LogP contribution in [0, 0.1) is 5.41 Å². The molecule has 0 spiro atoms. The molecule has 0 saturated carbocycles. The Balaban J connectivity index is 1.78. The van der Waals surface area contributed by atoms with Gasteiger partial charge in [-0.2, -0.15) is 0 Å². The van der Waals surface area contributed by atoms with Crippen LogP contribution in [0.4, 0.5) is 5.69 Å². The Labute approximate surface area is 144 Å². The number of anilines is 1. The van der Waals surface area contributed by atoms with Gasteiger partial charge in [-0.25, -0.2) is 4.98 Å². The van der Waals surface area contributed by atoms with Crippen LogP contribution in [0.25, 0.3) is 22.2 Å². The van der Waals surface area contributed by atoms with E-state index in [4.69, 9.17) is 11.1 Å². The van der Waals surface area contributed by atoms with Crippen LogP contribution in [-0.4, -0.2) is 21.5 Å². The fourth-order valence-corrected chi connectivity index (χ4v) is 2.94. The number of carbonyl (C=O) groups excluding carboxylic acids is 1. The highest BCUT2D eigenvalue weighted by molar-refractivity contribution is 6.18. The zero-order valence-corrected chi connectivity index (χ0v) is 13.4. The van der Waals surface area contributed by atoms with Crippen LogP contribution in [0.5, 0.6) is 0 Å². The highest BCUT2D eigenvalue weighted by atomic mass is 16.1. The minimum absolute atomic E-state index is 0.0680. The molecule has 0 amide bonds. The van der Waals surface area contributed by atoms with Crippen molar-refractivity contribution in [3.05, 3.63) is 72.1 Å². The molecule has 1 aliphatic rings. The van der Waals surface area contributed by atoms with Gasteiger partial charge in [-0.1, -0.05) is 18.2 Å². The maximum absolute atomic E-state index is 12.8. The zero-order valence-electron chi connectivity index (χ0n) is 13.4. The van der Waals surface area contributed by atoms with Crippen LogP contribution in [-0.2, 0) is 0 Å². The first-order valence-electron chi connectivity index (χ1n) is 7.95. The molecule has 3 aromatic rings. The number of fused-ring (bicyclic) bond motifs is 1. The van der Waals surface area contributed by atoms with E-state index in [-0.39, 0.29) is 5.78 Å². The number of allylic oxidation sites excluding steroid dienone is 4. The summed E-state index contributed by atoms with van der Waals surface area (Å²) in [5.74, 6) is -0.0680. The molecule has 2 aromatic heterocycles. The van der Waals surface area contributed by atoms with E-state index in [0.717, 1.165) is 16.5 Å². The number of hydrogen-bond acceptors (Lipinski definition) is 4. The third-order valence-corrected chi connectivity index (χ3v) is 4.26. The third kappa shape index (κ3) is 2.76. The number of rotatable bonds is 3. The van der Waals surface area contributed by atoms with E-state index in [9.17, 15) is 4.79 Å². The fourth-order valence-electron chi connectivity index (χ4n) is 2.94. The van der Waals surface area contributed by atoms with Crippen molar-refractivity contribution in [1.29, 1.82) is 5.41 Å². The van der Waals surface area contributed by atoms with Crippen LogP contribution in [0.2, 0.25) is 0 Å². The van der Waals surface area contributed by atoms with Crippen molar-refractivity contribution in [2.75, 3.05) is 5.73 Å². The lowest BCUT2D eigenvalue weighted by Gasteiger charge is -2.07. The molecule has 1 aliphatic carbocycles. The molecule has 0 atom stereocenters. The number of aromatic amines is 1. The number of aromatic nitrogens is 2. The second-order valence-corrected chi connectivity index (χ2v) is 6.00. The first-order chi connectivity index (χ1) is 12.1. The van der Waals surface area contributed by atoms with Crippen molar-refractivity contribution < 1.29 is 4.79 Å². The quantitative estimate of drug-likeness (QED) is 0.502. The fraction of sp³-hybridized carbons (Fsp3) is 0.0500. The van der Waals surface area contributed by atoms with Crippen molar-refractivity contribution in [1.82, 2.24) is 9.97 Å². The number of Topliss-reactive ketones (excluding diaryl/α,β-unsaturated/α-hetero) is 1. The number of hydrogen-bond donors (Lipinski definition) is 3. The molecule has 4 rings (SSSR count). The number of pyridine rings is 1. The number of ketones is 1. The van der Waals surface area contributed by atoms with E-state index in [0.29, 0.717) is 34.6 Å². The second-order valence-electron chi connectivity index (χ2n) is 6.00. The summed E-state index contributed by atoms with van der Waals surface area (Å²) >= 11 is 0. The highest BCUT2D eigenvalue weighted by Gasteiger charge is 2.17. The highest BCUT2D eigenvalue weighted by Crippen LogP contribution is 2.27. The first kappa shape index (κ1) is 15.1.